The normalized spacial score (nSPS) is 11.5. The Hall–Kier alpha value is -4.32. The average Bonchev–Trinajstić information content (AvgIpc) is 3.40. The Kier molecular flexibility index (Phi) is 4.55. The summed E-state index contributed by atoms with van der Waals surface area (Å²) in [5, 5.41) is 0.743. The zero-order valence-electron chi connectivity index (χ0n) is 18.6. The van der Waals surface area contributed by atoms with Gasteiger partial charge in [-0.2, -0.15) is 13.9 Å². The number of aryl methyl sites for hydroxylation is 2. The predicted molar refractivity (Wildman–Crippen MR) is 128 cm³/mol. The van der Waals surface area contributed by atoms with Gasteiger partial charge in [-0.3, -0.25) is 0 Å². The summed E-state index contributed by atoms with van der Waals surface area (Å²) in [4.78, 5) is 3.80. The predicted octanol–water partition coefficient (Wildman–Crippen LogP) is 6.52. The van der Waals surface area contributed by atoms with E-state index in [0.717, 1.165) is 39.8 Å². The van der Waals surface area contributed by atoms with E-state index < -0.39 is 11.8 Å². The summed E-state index contributed by atoms with van der Waals surface area (Å²) >= 11 is 0. The molecule has 0 fully saturated rings. The topological polar surface area (TPSA) is 34.8 Å². The molecule has 3 heterocycles. The molecule has 6 rings (SSSR count). The van der Waals surface area contributed by atoms with Crippen molar-refractivity contribution in [1.29, 1.82) is 0 Å². The molecule has 34 heavy (non-hydrogen) atoms. The molecule has 0 radical (unpaired) electrons. The highest BCUT2D eigenvalue weighted by Gasteiger charge is 2.28. The quantitative estimate of drug-likeness (QED) is 0.226. The van der Waals surface area contributed by atoms with E-state index in [2.05, 4.69) is 33.8 Å². The largest absolute Gasteiger partial charge is 0.437 e. The van der Waals surface area contributed by atoms with Crippen LogP contribution in [-0.2, 0) is 7.05 Å². The van der Waals surface area contributed by atoms with Gasteiger partial charge in [-0.1, -0.05) is 54.6 Å². The standard InChI is InChI=1S/C28H20F2N3O/c1-17-12-13-20-25-21(29)16-23(30)31-27(25)34-26(20)24(17)28-32(2)14-15-33(28)22-11-7-6-10-19(22)18-8-4-3-5-9-18/h3-16H,1-2H3/q+1. The van der Waals surface area contributed by atoms with Gasteiger partial charge in [0, 0.05) is 17.0 Å². The first-order valence-corrected chi connectivity index (χ1v) is 10.9. The second-order valence-electron chi connectivity index (χ2n) is 8.33. The second kappa shape index (κ2) is 7.63. The number of fused-ring (bicyclic) bond motifs is 3. The Morgan fingerprint density at radius 3 is 2.53 bits per heavy atom. The van der Waals surface area contributed by atoms with Crippen LogP contribution in [0.5, 0.6) is 0 Å². The fourth-order valence-electron chi connectivity index (χ4n) is 4.65. The van der Waals surface area contributed by atoms with Gasteiger partial charge in [-0.25, -0.2) is 8.96 Å². The highest BCUT2D eigenvalue weighted by molar-refractivity contribution is 6.08. The van der Waals surface area contributed by atoms with E-state index in [1.54, 1.807) is 6.07 Å². The smallest absolute Gasteiger partial charge is 0.297 e. The number of imidazole rings is 1. The molecule has 0 aliphatic rings. The van der Waals surface area contributed by atoms with Crippen molar-refractivity contribution < 1.29 is 17.8 Å². The van der Waals surface area contributed by atoms with Crippen molar-refractivity contribution in [2.75, 3.05) is 0 Å². The van der Waals surface area contributed by atoms with Gasteiger partial charge in [0.1, 0.15) is 29.5 Å². The first-order valence-electron chi connectivity index (χ1n) is 10.9. The number of hydrogen-bond acceptors (Lipinski definition) is 2. The van der Waals surface area contributed by atoms with Gasteiger partial charge in [0.05, 0.1) is 12.4 Å². The molecule has 0 atom stereocenters. The Morgan fingerprint density at radius 2 is 1.71 bits per heavy atom. The van der Waals surface area contributed by atoms with Crippen LogP contribution in [0.1, 0.15) is 5.56 Å². The summed E-state index contributed by atoms with van der Waals surface area (Å²) in [7, 11) is 1.95. The number of rotatable bonds is 3. The van der Waals surface area contributed by atoms with E-state index in [1.165, 1.54) is 0 Å². The summed E-state index contributed by atoms with van der Waals surface area (Å²) in [5.41, 5.74) is 5.33. The Balaban J connectivity index is 1.67. The fraction of sp³-hybridized carbons (Fsp3) is 0.0714. The van der Waals surface area contributed by atoms with Gasteiger partial charge in [0.15, 0.2) is 5.58 Å². The lowest BCUT2D eigenvalue weighted by atomic mass is 10.0. The van der Waals surface area contributed by atoms with Crippen molar-refractivity contribution in [3.8, 4) is 28.2 Å². The number of pyridine rings is 1. The zero-order valence-corrected chi connectivity index (χ0v) is 18.6. The van der Waals surface area contributed by atoms with E-state index in [-0.39, 0.29) is 11.1 Å². The third-order valence-electron chi connectivity index (χ3n) is 6.21. The van der Waals surface area contributed by atoms with Crippen LogP contribution in [0.3, 0.4) is 0 Å². The Morgan fingerprint density at radius 1 is 0.941 bits per heavy atom. The van der Waals surface area contributed by atoms with Crippen LogP contribution in [0.2, 0.25) is 0 Å². The van der Waals surface area contributed by atoms with Crippen LogP contribution in [0, 0.1) is 18.7 Å². The highest BCUT2D eigenvalue weighted by atomic mass is 19.1. The van der Waals surface area contributed by atoms with E-state index in [1.807, 2.05) is 67.3 Å². The van der Waals surface area contributed by atoms with E-state index in [4.69, 9.17) is 4.42 Å². The number of nitrogens with zero attached hydrogens (tertiary/aromatic N) is 3. The monoisotopic (exact) mass is 452 g/mol. The average molecular weight is 452 g/mol. The first kappa shape index (κ1) is 20.3. The molecular formula is C28H20F2N3O+. The SMILES string of the molecule is Cc1ccc2c(oc3nc(F)cc(F)c32)c1-c1n(-c2ccccc2-c2ccccc2)cc[n+]1C. The Bertz CT molecular complexity index is 1700. The maximum absolute atomic E-state index is 14.7. The maximum atomic E-state index is 14.7. The number of aromatic nitrogens is 3. The summed E-state index contributed by atoms with van der Waals surface area (Å²) in [6.07, 6.45) is 3.97. The van der Waals surface area contributed by atoms with Crippen LogP contribution >= 0.6 is 0 Å². The van der Waals surface area contributed by atoms with E-state index >= 15 is 0 Å². The number of benzene rings is 3. The summed E-state index contributed by atoms with van der Waals surface area (Å²) < 4.78 is 38.6. The number of hydrogen-bond donors (Lipinski definition) is 0. The number of furan rings is 1. The minimum Gasteiger partial charge on any atom is -0.437 e. The Labute approximate surface area is 194 Å². The number of para-hydroxylation sites is 1. The molecule has 0 saturated carbocycles. The third-order valence-corrected chi connectivity index (χ3v) is 6.21. The van der Waals surface area contributed by atoms with Gasteiger partial charge in [-0.05, 0) is 30.2 Å². The lowest BCUT2D eigenvalue weighted by Crippen LogP contribution is -2.29. The van der Waals surface area contributed by atoms with Gasteiger partial charge in [-0.15, -0.1) is 0 Å². The minimum absolute atomic E-state index is 0.0511. The van der Waals surface area contributed by atoms with Crippen molar-refractivity contribution in [1.82, 2.24) is 9.55 Å². The molecule has 166 valence electrons. The van der Waals surface area contributed by atoms with Gasteiger partial charge < -0.3 is 4.42 Å². The first-order chi connectivity index (χ1) is 16.5. The van der Waals surface area contributed by atoms with Gasteiger partial charge in [0.2, 0.25) is 11.7 Å². The highest BCUT2D eigenvalue weighted by Crippen LogP contribution is 2.39. The molecule has 4 nitrogen and oxygen atoms in total. The van der Waals surface area contributed by atoms with E-state index in [9.17, 15) is 8.78 Å². The van der Waals surface area contributed by atoms with Crippen molar-refractivity contribution in [2.45, 2.75) is 6.92 Å². The van der Waals surface area contributed by atoms with Gasteiger partial charge >= 0.3 is 0 Å². The van der Waals surface area contributed by atoms with Crippen LogP contribution in [-0.4, -0.2) is 9.55 Å². The molecule has 0 saturated heterocycles. The molecule has 0 bridgehead atoms. The lowest BCUT2D eigenvalue weighted by Gasteiger charge is -2.10. The molecule has 0 aliphatic heterocycles. The lowest BCUT2D eigenvalue weighted by molar-refractivity contribution is -0.659. The molecule has 6 aromatic rings. The molecular weight excluding hydrogens is 432 g/mol. The third kappa shape index (κ3) is 3.03. The number of halogens is 2. The summed E-state index contributed by atoms with van der Waals surface area (Å²) in [6.45, 7) is 1.98. The summed E-state index contributed by atoms with van der Waals surface area (Å²) in [6, 6.07) is 22.9. The van der Waals surface area contributed by atoms with Crippen LogP contribution in [0.15, 0.2) is 89.6 Å². The van der Waals surface area contributed by atoms with Gasteiger partial charge in [0.25, 0.3) is 5.82 Å². The molecule has 0 spiro atoms. The zero-order chi connectivity index (χ0) is 23.4. The minimum atomic E-state index is -0.909. The molecule has 6 heteroatoms. The fourth-order valence-corrected chi connectivity index (χ4v) is 4.65. The van der Waals surface area contributed by atoms with Crippen molar-refractivity contribution >= 4 is 22.1 Å². The van der Waals surface area contributed by atoms with Crippen LogP contribution in [0.4, 0.5) is 8.78 Å². The van der Waals surface area contributed by atoms with Crippen LogP contribution < -0.4 is 4.57 Å². The van der Waals surface area contributed by atoms with E-state index in [0.29, 0.717) is 11.0 Å². The maximum Gasteiger partial charge on any atom is 0.297 e. The van der Waals surface area contributed by atoms with Crippen molar-refractivity contribution in [2.24, 2.45) is 7.05 Å². The molecule has 3 aromatic carbocycles. The molecule has 0 unspecified atom stereocenters. The molecule has 0 aliphatic carbocycles. The van der Waals surface area contributed by atoms with Crippen LogP contribution in [0.25, 0.3) is 50.3 Å². The second-order valence-corrected chi connectivity index (χ2v) is 8.33. The summed E-state index contributed by atoms with van der Waals surface area (Å²) in [5.74, 6) is -0.746. The molecule has 0 amide bonds. The molecule has 0 N–H and O–H groups in total. The van der Waals surface area contributed by atoms with Crippen molar-refractivity contribution in [3.63, 3.8) is 0 Å². The van der Waals surface area contributed by atoms with Crippen molar-refractivity contribution in [3.05, 3.63) is 103 Å². The molecule has 3 aromatic heterocycles.